The Bertz CT molecular complexity index is 334. The molecule has 0 aromatic heterocycles. The minimum Gasteiger partial charge on any atom is -0.354 e. The van der Waals surface area contributed by atoms with Crippen molar-refractivity contribution in [2.45, 2.75) is 45.3 Å². The van der Waals surface area contributed by atoms with Crippen LogP contribution in [0.25, 0.3) is 0 Å². The van der Waals surface area contributed by atoms with E-state index >= 15 is 0 Å². The van der Waals surface area contributed by atoms with Gasteiger partial charge in [-0.15, -0.1) is 0 Å². The van der Waals surface area contributed by atoms with Crippen molar-refractivity contribution in [3.05, 3.63) is 11.9 Å². The third kappa shape index (κ3) is 2.46. The molecule has 96 valence electrons. The summed E-state index contributed by atoms with van der Waals surface area (Å²) in [4.78, 5) is 9.34. The first-order valence-corrected chi connectivity index (χ1v) is 6.57. The van der Waals surface area contributed by atoms with Gasteiger partial charge in [0, 0.05) is 19.6 Å². The molecular weight excluding hydrogens is 212 g/mol. The Balaban J connectivity index is 2.19. The number of hydrogen-bond acceptors (Lipinski definition) is 4. The average Bonchev–Trinajstić information content (AvgIpc) is 2.33. The third-order valence-electron chi connectivity index (χ3n) is 3.90. The van der Waals surface area contributed by atoms with Gasteiger partial charge in [-0.3, -0.25) is 5.32 Å². The molecule has 2 aliphatic heterocycles. The maximum absolute atomic E-state index is 4.73. The molecular formula is C13H24N4. The summed E-state index contributed by atoms with van der Waals surface area (Å²) in [5.74, 6) is 2.23. The van der Waals surface area contributed by atoms with Crippen LogP contribution in [-0.2, 0) is 0 Å². The van der Waals surface area contributed by atoms with Gasteiger partial charge in [0.15, 0.2) is 0 Å². The van der Waals surface area contributed by atoms with Crippen LogP contribution in [0.15, 0.2) is 16.9 Å². The first-order chi connectivity index (χ1) is 8.13. The van der Waals surface area contributed by atoms with Crippen LogP contribution in [0.3, 0.4) is 0 Å². The number of amidine groups is 1. The van der Waals surface area contributed by atoms with Crippen LogP contribution in [0.5, 0.6) is 0 Å². The van der Waals surface area contributed by atoms with Crippen LogP contribution < -0.4 is 5.32 Å². The molecule has 4 heteroatoms. The molecule has 0 aromatic carbocycles. The predicted octanol–water partition coefficient (Wildman–Crippen LogP) is 1.61. The van der Waals surface area contributed by atoms with Gasteiger partial charge < -0.3 is 9.80 Å². The third-order valence-corrected chi connectivity index (χ3v) is 3.90. The van der Waals surface area contributed by atoms with E-state index in [9.17, 15) is 0 Å². The van der Waals surface area contributed by atoms with Crippen molar-refractivity contribution in [1.29, 1.82) is 0 Å². The zero-order chi connectivity index (χ0) is 12.4. The second kappa shape index (κ2) is 5.08. The molecule has 2 atom stereocenters. The van der Waals surface area contributed by atoms with Gasteiger partial charge in [-0.25, -0.2) is 4.99 Å². The van der Waals surface area contributed by atoms with E-state index < -0.39 is 0 Å². The number of rotatable bonds is 2. The number of aliphatic imine (C=N–C) groups is 1. The van der Waals surface area contributed by atoms with Crippen LogP contribution >= 0.6 is 0 Å². The molecule has 0 aliphatic carbocycles. The minimum absolute atomic E-state index is 0.261. The van der Waals surface area contributed by atoms with Gasteiger partial charge in [-0.1, -0.05) is 0 Å². The Kier molecular flexibility index (Phi) is 3.72. The Morgan fingerprint density at radius 1 is 1.41 bits per heavy atom. The van der Waals surface area contributed by atoms with Gasteiger partial charge in [0.25, 0.3) is 0 Å². The van der Waals surface area contributed by atoms with E-state index in [2.05, 4.69) is 42.1 Å². The number of piperidine rings is 1. The van der Waals surface area contributed by atoms with Crippen LogP contribution in [0.4, 0.5) is 0 Å². The largest absolute Gasteiger partial charge is 0.354 e. The summed E-state index contributed by atoms with van der Waals surface area (Å²) in [7, 11) is 4.07. The van der Waals surface area contributed by atoms with E-state index in [0.29, 0.717) is 6.04 Å². The van der Waals surface area contributed by atoms with Gasteiger partial charge in [-0.2, -0.15) is 0 Å². The molecule has 0 amide bonds. The molecule has 1 fully saturated rings. The van der Waals surface area contributed by atoms with Crippen molar-refractivity contribution < 1.29 is 0 Å². The predicted molar refractivity (Wildman–Crippen MR) is 71.8 cm³/mol. The molecule has 2 heterocycles. The monoisotopic (exact) mass is 236 g/mol. The van der Waals surface area contributed by atoms with Crippen molar-refractivity contribution in [2.75, 3.05) is 20.6 Å². The molecule has 0 aromatic rings. The summed E-state index contributed by atoms with van der Waals surface area (Å²) < 4.78 is 0. The number of likely N-dealkylation sites (N-methyl/N-ethyl adjacent to an activating group) is 2. The van der Waals surface area contributed by atoms with Crippen molar-refractivity contribution in [3.63, 3.8) is 0 Å². The number of nitrogens with zero attached hydrogens (tertiary/aromatic N) is 3. The average molecular weight is 236 g/mol. The summed E-state index contributed by atoms with van der Waals surface area (Å²) in [5, 5.41) is 3.31. The lowest BCUT2D eigenvalue weighted by molar-refractivity contribution is 0.200. The first kappa shape index (κ1) is 12.4. The Hall–Kier alpha value is -1.03. The number of nitrogens with one attached hydrogen (secondary N) is 1. The Morgan fingerprint density at radius 3 is 2.82 bits per heavy atom. The van der Waals surface area contributed by atoms with Crippen LogP contribution in [-0.4, -0.2) is 48.5 Å². The van der Waals surface area contributed by atoms with E-state index in [1.165, 1.54) is 19.3 Å². The highest BCUT2D eigenvalue weighted by atomic mass is 15.3. The zero-order valence-electron chi connectivity index (χ0n) is 11.4. The van der Waals surface area contributed by atoms with Gasteiger partial charge in [0.1, 0.15) is 17.8 Å². The van der Waals surface area contributed by atoms with Gasteiger partial charge in [0.05, 0.1) is 0 Å². The van der Waals surface area contributed by atoms with E-state index in [-0.39, 0.29) is 6.17 Å². The van der Waals surface area contributed by atoms with Crippen molar-refractivity contribution in [3.8, 4) is 0 Å². The fraction of sp³-hybridized carbons (Fsp3) is 0.769. The zero-order valence-corrected chi connectivity index (χ0v) is 11.4. The second-order valence-electron chi connectivity index (χ2n) is 5.07. The summed E-state index contributed by atoms with van der Waals surface area (Å²) in [6.07, 6.45) is 6.41. The molecule has 2 rings (SSSR count). The topological polar surface area (TPSA) is 30.9 Å². The quantitative estimate of drug-likeness (QED) is 0.790. The fourth-order valence-electron chi connectivity index (χ4n) is 2.61. The molecule has 0 saturated carbocycles. The fourth-order valence-corrected chi connectivity index (χ4v) is 2.61. The molecule has 17 heavy (non-hydrogen) atoms. The standard InChI is InChI=1S/C13H24N4/c1-10-7-5-6-8-17(10)13-9-12(14-3)16(4)11(2)15-13/h9-10,12,14H,5-8H2,1-4H3. The maximum atomic E-state index is 4.73. The lowest BCUT2D eigenvalue weighted by Gasteiger charge is -2.39. The van der Waals surface area contributed by atoms with E-state index in [0.717, 1.165) is 18.2 Å². The molecule has 4 nitrogen and oxygen atoms in total. The first-order valence-electron chi connectivity index (χ1n) is 6.57. The molecule has 2 aliphatic rings. The van der Waals surface area contributed by atoms with Gasteiger partial charge >= 0.3 is 0 Å². The molecule has 1 N–H and O–H groups in total. The SMILES string of the molecule is CNC1C=C(N2CCCCC2C)N=C(C)N1C. The molecule has 0 spiro atoms. The lowest BCUT2D eigenvalue weighted by atomic mass is 10.0. The van der Waals surface area contributed by atoms with Gasteiger partial charge in [-0.05, 0) is 46.2 Å². The smallest absolute Gasteiger partial charge is 0.130 e. The summed E-state index contributed by atoms with van der Waals surface area (Å²) in [6, 6.07) is 0.618. The summed E-state index contributed by atoms with van der Waals surface area (Å²) >= 11 is 0. The van der Waals surface area contributed by atoms with E-state index in [1.807, 2.05) is 7.05 Å². The minimum atomic E-state index is 0.261. The summed E-state index contributed by atoms with van der Waals surface area (Å²) in [5.41, 5.74) is 0. The van der Waals surface area contributed by atoms with E-state index in [1.54, 1.807) is 0 Å². The lowest BCUT2D eigenvalue weighted by Crippen LogP contribution is -2.47. The van der Waals surface area contributed by atoms with Crippen molar-refractivity contribution >= 4 is 5.84 Å². The van der Waals surface area contributed by atoms with Crippen LogP contribution in [0.2, 0.25) is 0 Å². The summed E-state index contributed by atoms with van der Waals surface area (Å²) in [6.45, 7) is 5.52. The van der Waals surface area contributed by atoms with Crippen molar-refractivity contribution in [1.82, 2.24) is 15.1 Å². The maximum Gasteiger partial charge on any atom is 0.130 e. The molecule has 0 bridgehead atoms. The van der Waals surface area contributed by atoms with Gasteiger partial charge in [0.2, 0.25) is 0 Å². The number of hydrogen-bond donors (Lipinski definition) is 1. The second-order valence-corrected chi connectivity index (χ2v) is 5.07. The van der Waals surface area contributed by atoms with Crippen LogP contribution in [0, 0.1) is 0 Å². The normalized spacial score (nSPS) is 30.1. The molecule has 2 unspecified atom stereocenters. The van der Waals surface area contributed by atoms with E-state index in [4.69, 9.17) is 4.99 Å². The molecule has 0 radical (unpaired) electrons. The van der Waals surface area contributed by atoms with Crippen molar-refractivity contribution in [2.24, 2.45) is 4.99 Å². The van der Waals surface area contributed by atoms with Crippen LogP contribution in [0.1, 0.15) is 33.1 Å². The highest BCUT2D eigenvalue weighted by Crippen LogP contribution is 2.24. The highest BCUT2D eigenvalue weighted by molar-refractivity contribution is 5.81. The Labute approximate surface area is 104 Å². The number of likely N-dealkylation sites (tertiary alicyclic amines) is 1. The Morgan fingerprint density at radius 2 is 2.18 bits per heavy atom. The highest BCUT2D eigenvalue weighted by Gasteiger charge is 2.25. The molecule has 1 saturated heterocycles.